The average molecular weight is 291 g/mol. The van der Waals surface area contributed by atoms with E-state index in [0.717, 1.165) is 31.0 Å². The Kier molecular flexibility index (Phi) is 5.99. The van der Waals surface area contributed by atoms with Crippen LogP contribution in [-0.4, -0.2) is 6.54 Å². The Labute approximate surface area is 117 Å². The molecule has 1 nitrogen and oxygen atoms in total. The van der Waals surface area contributed by atoms with E-state index in [-0.39, 0.29) is 11.5 Å². The summed E-state index contributed by atoms with van der Waals surface area (Å²) in [5.41, 5.74) is -0.705. The number of nitrogens with one attached hydrogen (secondary N) is 1. The van der Waals surface area contributed by atoms with E-state index in [4.69, 9.17) is 0 Å². The van der Waals surface area contributed by atoms with E-state index in [1.54, 1.807) is 0 Å². The summed E-state index contributed by atoms with van der Waals surface area (Å²) in [7, 11) is 0. The van der Waals surface area contributed by atoms with Crippen LogP contribution < -0.4 is 5.32 Å². The molecular weight excluding hydrogens is 270 g/mol. The van der Waals surface area contributed by atoms with Crippen LogP contribution >= 0.6 is 0 Å². The minimum absolute atomic E-state index is 0.0551. The monoisotopic (exact) mass is 291 g/mol. The van der Waals surface area contributed by atoms with Crippen LogP contribution in [-0.2, 0) is 6.18 Å². The quantitative estimate of drug-likeness (QED) is 0.733. The predicted octanol–water partition coefficient (Wildman–Crippen LogP) is 4.93. The average Bonchev–Trinajstić information content (AvgIpc) is 2.39. The predicted molar refractivity (Wildman–Crippen MR) is 71.9 cm³/mol. The molecule has 2 unspecified atom stereocenters. The van der Waals surface area contributed by atoms with Gasteiger partial charge in [-0.1, -0.05) is 27.2 Å². The second kappa shape index (κ2) is 7.07. The number of hydrogen-bond acceptors (Lipinski definition) is 1. The Morgan fingerprint density at radius 1 is 1.20 bits per heavy atom. The fourth-order valence-electron chi connectivity index (χ4n) is 2.11. The molecule has 114 valence electrons. The molecule has 1 aromatic rings. The van der Waals surface area contributed by atoms with Gasteiger partial charge in [-0.3, -0.25) is 0 Å². The van der Waals surface area contributed by atoms with Gasteiger partial charge in [0.25, 0.3) is 0 Å². The van der Waals surface area contributed by atoms with Gasteiger partial charge in [0.05, 0.1) is 5.56 Å². The van der Waals surface area contributed by atoms with Crippen LogP contribution in [0.25, 0.3) is 0 Å². The van der Waals surface area contributed by atoms with Crippen LogP contribution in [0.5, 0.6) is 0 Å². The number of hydrogen-bond donors (Lipinski definition) is 1. The Morgan fingerprint density at radius 3 is 2.35 bits per heavy atom. The summed E-state index contributed by atoms with van der Waals surface area (Å²) in [4.78, 5) is 0. The lowest BCUT2D eigenvalue weighted by Crippen LogP contribution is -2.28. The molecule has 0 radical (unpaired) electrons. The summed E-state index contributed by atoms with van der Waals surface area (Å²) in [6.45, 7) is 6.46. The van der Waals surface area contributed by atoms with E-state index < -0.39 is 23.6 Å². The van der Waals surface area contributed by atoms with Crippen LogP contribution in [0.4, 0.5) is 17.6 Å². The minimum Gasteiger partial charge on any atom is -0.310 e. The molecule has 0 amide bonds. The first-order chi connectivity index (χ1) is 9.31. The van der Waals surface area contributed by atoms with Gasteiger partial charge in [-0.15, -0.1) is 0 Å². The Morgan fingerprint density at radius 2 is 1.85 bits per heavy atom. The molecule has 0 aliphatic carbocycles. The normalized spacial score (nSPS) is 15.2. The summed E-state index contributed by atoms with van der Waals surface area (Å²) < 4.78 is 52.2. The van der Waals surface area contributed by atoms with Crippen LogP contribution in [0, 0.1) is 11.7 Å². The van der Waals surface area contributed by atoms with Crippen molar-refractivity contribution >= 4 is 0 Å². The Balaban J connectivity index is 3.17. The van der Waals surface area contributed by atoms with Gasteiger partial charge in [-0.25, -0.2) is 4.39 Å². The lowest BCUT2D eigenvalue weighted by molar-refractivity contribution is -0.137. The first-order valence-electron chi connectivity index (χ1n) is 6.91. The van der Waals surface area contributed by atoms with Gasteiger partial charge in [0.1, 0.15) is 5.82 Å². The SMILES string of the molecule is CCCNC(c1cc(C(F)(F)F)ccc1F)C(C)CC. The molecule has 2 atom stereocenters. The van der Waals surface area contributed by atoms with Gasteiger partial charge in [-0.2, -0.15) is 13.2 Å². The van der Waals surface area contributed by atoms with Crippen LogP contribution in [0.3, 0.4) is 0 Å². The van der Waals surface area contributed by atoms with Crippen molar-refractivity contribution in [3.05, 3.63) is 35.1 Å². The number of benzene rings is 1. The van der Waals surface area contributed by atoms with Crippen molar-refractivity contribution in [2.24, 2.45) is 5.92 Å². The molecule has 0 spiro atoms. The highest BCUT2D eigenvalue weighted by Gasteiger charge is 2.32. The highest BCUT2D eigenvalue weighted by molar-refractivity contribution is 5.30. The van der Waals surface area contributed by atoms with Crippen LogP contribution in [0.2, 0.25) is 0 Å². The topological polar surface area (TPSA) is 12.0 Å². The Bertz CT molecular complexity index is 428. The van der Waals surface area contributed by atoms with E-state index >= 15 is 0 Å². The molecule has 0 heterocycles. The minimum atomic E-state index is -4.45. The molecule has 5 heteroatoms. The molecule has 1 N–H and O–H groups in total. The van der Waals surface area contributed by atoms with Gasteiger partial charge >= 0.3 is 6.18 Å². The van der Waals surface area contributed by atoms with E-state index in [2.05, 4.69) is 5.32 Å². The van der Waals surface area contributed by atoms with Crippen LogP contribution in [0.15, 0.2) is 18.2 Å². The molecule has 0 saturated carbocycles. The van der Waals surface area contributed by atoms with E-state index in [0.29, 0.717) is 6.54 Å². The van der Waals surface area contributed by atoms with Crippen molar-refractivity contribution in [3.63, 3.8) is 0 Å². The van der Waals surface area contributed by atoms with E-state index in [1.807, 2.05) is 20.8 Å². The maximum Gasteiger partial charge on any atom is 0.416 e. The molecule has 1 aromatic carbocycles. The molecule has 0 aliphatic rings. The van der Waals surface area contributed by atoms with Crippen molar-refractivity contribution in [2.45, 2.75) is 45.8 Å². The maximum absolute atomic E-state index is 13.9. The fraction of sp³-hybridized carbons (Fsp3) is 0.600. The molecule has 0 aromatic heterocycles. The second-order valence-electron chi connectivity index (χ2n) is 5.05. The highest BCUT2D eigenvalue weighted by Crippen LogP contribution is 2.34. The summed E-state index contributed by atoms with van der Waals surface area (Å²) in [6, 6.07) is 2.21. The summed E-state index contributed by atoms with van der Waals surface area (Å²) in [5.74, 6) is -0.536. The first-order valence-corrected chi connectivity index (χ1v) is 6.91. The smallest absolute Gasteiger partial charge is 0.310 e. The van der Waals surface area contributed by atoms with Gasteiger partial charge in [-0.05, 0) is 37.1 Å². The van der Waals surface area contributed by atoms with Crippen molar-refractivity contribution in [1.29, 1.82) is 0 Å². The molecule has 0 bridgehead atoms. The number of alkyl halides is 3. The Hall–Kier alpha value is -1.10. The third-order valence-corrected chi connectivity index (χ3v) is 3.49. The molecular formula is C15H21F4N. The van der Waals surface area contributed by atoms with Crippen molar-refractivity contribution in [1.82, 2.24) is 5.32 Å². The lowest BCUT2D eigenvalue weighted by atomic mass is 9.91. The van der Waals surface area contributed by atoms with Crippen molar-refractivity contribution in [2.75, 3.05) is 6.54 Å². The summed E-state index contributed by atoms with van der Waals surface area (Å²) in [6.07, 6.45) is -2.85. The van der Waals surface area contributed by atoms with Crippen LogP contribution in [0.1, 0.15) is 50.8 Å². The second-order valence-corrected chi connectivity index (χ2v) is 5.05. The molecule has 0 aliphatic heterocycles. The standard InChI is InChI=1S/C15H21F4N/c1-4-8-20-14(10(3)5-2)12-9-11(15(17,18)19)6-7-13(12)16/h6-7,9-10,14,20H,4-5,8H2,1-3H3. The molecule has 0 fully saturated rings. The van der Waals surface area contributed by atoms with Gasteiger partial charge < -0.3 is 5.32 Å². The van der Waals surface area contributed by atoms with Gasteiger partial charge in [0, 0.05) is 11.6 Å². The zero-order chi connectivity index (χ0) is 15.3. The largest absolute Gasteiger partial charge is 0.416 e. The van der Waals surface area contributed by atoms with Gasteiger partial charge in [0.15, 0.2) is 0 Å². The molecule has 20 heavy (non-hydrogen) atoms. The first kappa shape index (κ1) is 17.0. The third-order valence-electron chi connectivity index (χ3n) is 3.49. The molecule has 0 saturated heterocycles. The fourth-order valence-corrected chi connectivity index (χ4v) is 2.11. The number of rotatable bonds is 6. The van der Waals surface area contributed by atoms with E-state index in [1.165, 1.54) is 0 Å². The van der Waals surface area contributed by atoms with Gasteiger partial charge in [0.2, 0.25) is 0 Å². The lowest BCUT2D eigenvalue weighted by Gasteiger charge is -2.26. The highest BCUT2D eigenvalue weighted by atomic mass is 19.4. The molecule has 1 rings (SSSR count). The zero-order valence-corrected chi connectivity index (χ0v) is 12.0. The summed E-state index contributed by atoms with van der Waals surface area (Å²) >= 11 is 0. The van der Waals surface area contributed by atoms with E-state index in [9.17, 15) is 17.6 Å². The third kappa shape index (κ3) is 4.20. The van der Waals surface area contributed by atoms with Crippen molar-refractivity contribution < 1.29 is 17.6 Å². The van der Waals surface area contributed by atoms with Crippen molar-refractivity contribution in [3.8, 4) is 0 Å². The zero-order valence-electron chi connectivity index (χ0n) is 12.0. The maximum atomic E-state index is 13.9. The number of halogens is 4. The summed E-state index contributed by atoms with van der Waals surface area (Å²) in [5, 5.41) is 3.15.